The second-order valence-corrected chi connectivity index (χ2v) is 5.74. The summed E-state index contributed by atoms with van der Waals surface area (Å²) in [5.41, 5.74) is 3.30. The van der Waals surface area contributed by atoms with E-state index in [0.29, 0.717) is 18.8 Å². The van der Waals surface area contributed by atoms with Crippen molar-refractivity contribution in [2.75, 3.05) is 7.05 Å². The SMILES string of the molecule is Cc1cnc(C(=O)N(C)Cc2cnn(Cc3ccccc3)c2)cn1. The van der Waals surface area contributed by atoms with Gasteiger partial charge in [0.1, 0.15) is 5.69 Å². The largest absolute Gasteiger partial charge is 0.336 e. The van der Waals surface area contributed by atoms with Crippen LogP contribution in [0.2, 0.25) is 0 Å². The predicted octanol–water partition coefficient (Wildman–Crippen LogP) is 2.30. The number of benzene rings is 1. The van der Waals surface area contributed by atoms with Crippen molar-refractivity contribution >= 4 is 5.91 Å². The Kier molecular flexibility index (Phi) is 4.65. The van der Waals surface area contributed by atoms with E-state index in [1.807, 2.05) is 36.0 Å². The average molecular weight is 321 g/mol. The first-order valence-electron chi connectivity index (χ1n) is 7.71. The monoisotopic (exact) mass is 321 g/mol. The molecule has 3 aromatic rings. The Morgan fingerprint density at radius 1 is 1.08 bits per heavy atom. The van der Waals surface area contributed by atoms with Gasteiger partial charge in [-0.25, -0.2) is 4.98 Å². The summed E-state index contributed by atoms with van der Waals surface area (Å²) in [5, 5.41) is 4.36. The molecule has 122 valence electrons. The quantitative estimate of drug-likeness (QED) is 0.723. The summed E-state index contributed by atoms with van der Waals surface area (Å²) in [6, 6.07) is 10.1. The minimum Gasteiger partial charge on any atom is -0.336 e. The van der Waals surface area contributed by atoms with Crippen molar-refractivity contribution in [2.45, 2.75) is 20.0 Å². The average Bonchev–Trinajstić information content (AvgIpc) is 3.02. The van der Waals surface area contributed by atoms with Gasteiger partial charge in [0.2, 0.25) is 0 Å². The van der Waals surface area contributed by atoms with E-state index in [2.05, 4.69) is 27.2 Å². The lowest BCUT2D eigenvalue weighted by molar-refractivity contribution is 0.0778. The third-order valence-corrected chi connectivity index (χ3v) is 3.64. The Morgan fingerprint density at radius 3 is 2.58 bits per heavy atom. The fraction of sp³-hybridized carbons (Fsp3) is 0.222. The molecule has 0 fully saturated rings. The van der Waals surface area contributed by atoms with Gasteiger partial charge >= 0.3 is 0 Å². The van der Waals surface area contributed by atoms with E-state index in [0.717, 1.165) is 11.3 Å². The summed E-state index contributed by atoms with van der Waals surface area (Å²) in [5.74, 6) is -0.154. The van der Waals surface area contributed by atoms with E-state index in [9.17, 15) is 4.79 Å². The van der Waals surface area contributed by atoms with E-state index in [-0.39, 0.29) is 5.91 Å². The Labute approximate surface area is 140 Å². The van der Waals surface area contributed by atoms with Crippen LogP contribution in [0.1, 0.15) is 27.3 Å². The highest BCUT2D eigenvalue weighted by Crippen LogP contribution is 2.08. The molecule has 2 aromatic heterocycles. The van der Waals surface area contributed by atoms with Crippen LogP contribution in [0, 0.1) is 6.92 Å². The topological polar surface area (TPSA) is 63.9 Å². The van der Waals surface area contributed by atoms with E-state index < -0.39 is 0 Å². The van der Waals surface area contributed by atoms with Crippen LogP contribution < -0.4 is 0 Å². The van der Waals surface area contributed by atoms with Gasteiger partial charge in [-0.3, -0.25) is 14.5 Å². The van der Waals surface area contributed by atoms with E-state index in [1.54, 1.807) is 24.3 Å². The number of amides is 1. The highest BCUT2D eigenvalue weighted by molar-refractivity contribution is 5.91. The van der Waals surface area contributed by atoms with Gasteiger partial charge in [0.25, 0.3) is 5.91 Å². The number of rotatable bonds is 5. The molecule has 2 heterocycles. The minimum absolute atomic E-state index is 0.154. The third kappa shape index (κ3) is 3.84. The second kappa shape index (κ2) is 7.04. The van der Waals surface area contributed by atoms with Gasteiger partial charge in [0.15, 0.2) is 0 Å². The molecule has 0 saturated carbocycles. The molecule has 6 nitrogen and oxygen atoms in total. The van der Waals surface area contributed by atoms with Crippen LogP contribution in [-0.2, 0) is 13.1 Å². The van der Waals surface area contributed by atoms with Crippen LogP contribution in [0.25, 0.3) is 0 Å². The smallest absolute Gasteiger partial charge is 0.274 e. The van der Waals surface area contributed by atoms with Gasteiger partial charge in [-0.2, -0.15) is 5.10 Å². The maximum absolute atomic E-state index is 12.4. The van der Waals surface area contributed by atoms with Crippen LogP contribution in [0.3, 0.4) is 0 Å². The fourth-order valence-electron chi connectivity index (χ4n) is 2.39. The van der Waals surface area contributed by atoms with Gasteiger partial charge in [-0.05, 0) is 12.5 Å². The maximum Gasteiger partial charge on any atom is 0.274 e. The Morgan fingerprint density at radius 2 is 1.88 bits per heavy atom. The van der Waals surface area contributed by atoms with Gasteiger partial charge < -0.3 is 4.90 Å². The van der Waals surface area contributed by atoms with Crippen LogP contribution in [0.15, 0.2) is 55.1 Å². The second-order valence-electron chi connectivity index (χ2n) is 5.74. The van der Waals surface area contributed by atoms with Gasteiger partial charge in [-0.1, -0.05) is 30.3 Å². The van der Waals surface area contributed by atoms with Gasteiger partial charge in [-0.15, -0.1) is 0 Å². The van der Waals surface area contributed by atoms with Crippen LogP contribution in [0.5, 0.6) is 0 Å². The van der Waals surface area contributed by atoms with Crippen LogP contribution >= 0.6 is 0 Å². The van der Waals surface area contributed by atoms with Crippen molar-refractivity contribution < 1.29 is 4.79 Å². The van der Waals surface area contributed by atoms with Crippen molar-refractivity contribution in [1.82, 2.24) is 24.6 Å². The van der Waals surface area contributed by atoms with E-state index in [1.165, 1.54) is 11.8 Å². The normalized spacial score (nSPS) is 10.6. The first-order chi connectivity index (χ1) is 11.6. The molecule has 6 heteroatoms. The molecular weight excluding hydrogens is 302 g/mol. The number of carbonyl (C=O) groups excluding carboxylic acids is 1. The maximum atomic E-state index is 12.4. The summed E-state index contributed by atoms with van der Waals surface area (Å²) in [4.78, 5) is 22.2. The minimum atomic E-state index is -0.154. The van der Waals surface area contributed by atoms with Gasteiger partial charge in [0, 0.05) is 31.5 Å². The van der Waals surface area contributed by atoms with E-state index in [4.69, 9.17) is 0 Å². The molecule has 0 unspecified atom stereocenters. The van der Waals surface area contributed by atoms with Crippen molar-refractivity contribution in [3.8, 4) is 0 Å². The Hall–Kier alpha value is -3.02. The van der Waals surface area contributed by atoms with Crippen molar-refractivity contribution in [2.24, 2.45) is 0 Å². The molecule has 0 N–H and O–H groups in total. The van der Waals surface area contributed by atoms with Crippen LogP contribution in [-0.4, -0.2) is 37.6 Å². The van der Waals surface area contributed by atoms with Gasteiger partial charge in [0.05, 0.1) is 24.6 Å². The zero-order chi connectivity index (χ0) is 16.9. The Balaban J connectivity index is 1.63. The summed E-state index contributed by atoms with van der Waals surface area (Å²) >= 11 is 0. The number of aromatic nitrogens is 4. The zero-order valence-electron chi connectivity index (χ0n) is 13.8. The molecule has 0 aliphatic rings. The molecule has 0 aliphatic carbocycles. The molecule has 0 radical (unpaired) electrons. The summed E-state index contributed by atoms with van der Waals surface area (Å²) in [6.45, 7) is 3.03. The van der Waals surface area contributed by atoms with E-state index >= 15 is 0 Å². The fourth-order valence-corrected chi connectivity index (χ4v) is 2.39. The first kappa shape index (κ1) is 15.9. The molecule has 1 amide bonds. The number of carbonyl (C=O) groups is 1. The molecule has 0 bridgehead atoms. The van der Waals surface area contributed by atoms with Crippen LogP contribution in [0.4, 0.5) is 0 Å². The molecule has 0 aliphatic heterocycles. The Bertz CT molecular complexity index is 811. The zero-order valence-corrected chi connectivity index (χ0v) is 13.8. The first-order valence-corrected chi connectivity index (χ1v) is 7.71. The highest BCUT2D eigenvalue weighted by Gasteiger charge is 2.14. The lowest BCUT2D eigenvalue weighted by Gasteiger charge is -2.15. The molecule has 24 heavy (non-hydrogen) atoms. The molecule has 0 saturated heterocycles. The number of nitrogens with zero attached hydrogens (tertiary/aromatic N) is 5. The van der Waals surface area contributed by atoms with Crippen molar-refractivity contribution in [3.63, 3.8) is 0 Å². The number of hydrogen-bond donors (Lipinski definition) is 0. The van der Waals surface area contributed by atoms with Crippen molar-refractivity contribution in [1.29, 1.82) is 0 Å². The molecular formula is C18H19N5O. The summed E-state index contributed by atoms with van der Waals surface area (Å²) in [6.07, 6.45) is 6.84. The van der Waals surface area contributed by atoms with Crippen molar-refractivity contribution in [3.05, 3.63) is 77.6 Å². The summed E-state index contributed by atoms with van der Waals surface area (Å²) in [7, 11) is 1.75. The molecule has 3 rings (SSSR count). The molecule has 1 aromatic carbocycles. The lowest BCUT2D eigenvalue weighted by Crippen LogP contribution is -2.27. The standard InChI is InChI=1S/C18H19N5O/c1-14-8-20-17(10-19-14)18(24)22(2)11-16-9-21-23(13-16)12-15-6-4-3-5-7-15/h3-10,13H,11-12H2,1-2H3. The number of hydrogen-bond acceptors (Lipinski definition) is 4. The summed E-state index contributed by atoms with van der Waals surface area (Å²) < 4.78 is 1.87. The molecule has 0 atom stereocenters. The number of aryl methyl sites for hydroxylation is 1. The molecule has 0 spiro atoms. The lowest BCUT2D eigenvalue weighted by atomic mass is 10.2. The third-order valence-electron chi connectivity index (χ3n) is 3.64. The highest BCUT2D eigenvalue weighted by atomic mass is 16.2. The predicted molar refractivity (Wildman–Crippen MR) is 90.3 cm³/mol.